The number of rotatable bonds is 6. The number of amides is 3. The zero-order chi connectivity index (χ0) is 30.5. The lowest BCUT2D eigenvalue weighted by molar-refractivity contribution is -0.137. The van der Waals surface area contributed by atoms with Crippen molar-refractivity contribution in [2.45, 2.75) is 29.3 Å². The van der Waals surface area contributed by atoms with Crippen molar-refractivity contribution in [1.29, 1.82) is 0 Å². The van der Waals surface area contributed by atoms with Crippen molar-refractivity contribution < 1.29 is 32.3 Å². The Labute approximate surface area is 250 Å². The highest BCUT2D eigenvalue weighted by molar-refractivity contribution is 8.00. The molecule has 3 aromatic carbocycles. The predicted octanol–water partition coefficient (Wildman–Crippen LogP) is 5.58. The molecule has 3 atom stereocenters. The summed E-state index contributed by atoms with van der Waals surface area (Å²) in [5.41, 5.74) is 1.16. The topological polar surface area (TPSA) is 109 Å². The molecule has 0 bridgehead atoms. The standard InChI is InChI=1S/C30H22F3N3O5S2/c1-15-5-9-18(10-6-15)34-21(37)14-41-20-11-7-16(8-12-20)22-23-25(42-26-24(22)43-29(40)35-26)28(39)36(27(23)38)19-4-2-3-17(13-19)30(31,32)33/h2-13,22-23,25H,14H2,1H3,(H,34,37)(H,35,40). The number of alkyl halides is 3. The number of fused-ring (bicyclic) bond motifs is 2. The first-order valence-electron chi connectivity index (χ1n) is 13.0. The average Bonchev–Trinajstić information content (AvgIpc) is 3.47. The second-order valence-electron chi connectivity index (χ2n) is 10.1. The van der Waals surface area contributed by atoms with Gasteiger partial charge in [0.15, 0.2) is 6.61 Å². The van der Waals surface area contributed by atoms with Gasteiger partial charge in [-0.1, -0.05) is 59.0 Å². The third-order valence-electron chi connectivity index (χ3n) is 7.20. The van der Waals surface area contributed by atoms with Crippen LogP contribution in [-0.2, 0) is 20.6 Å². The van der Waals surface area contributed by atoms with Crippen LogP contribution < -0.4 is 19.8 Å². The van der Waals surface area contributed by atoms with Crippen molar-refractivity contribution in [2.75, 3.05) is 16.8 Å². The van der Waals surface area contributed by atoms with Crippen LogP contribution in [0.3, 0.4) is 0 Å². The van der Waals surface area contributed by atoms with Gasteiger partial charge in [0.25, 0.3) is 5.91 Å². The molecule has 1 saturated heterocycles. The molecule has 220 valence electrons. The summed E-state index contributed by atoms with van der Waals surface area (Å²) in [6.07, 6.45) is -4.65. The van der Waals surface area contributed by atoms with Crippen LogP contribution in [0.5, 0.6) is 5.75 Å². The number of imide groups is 1. The number of aromatic amines is 1. The number of thiazole rings is 1. The molecule has 0 radical (unpaired) electrons. The van der Waals surface area contributed by atoms with Crippen LogP contribution in [0.1, 0.15) is 27.5 Å². The number of hydrogen-bond donors (Lipinski definition) is 2. The Morgan fingerprint density at radius 1 is 1.00 bits per heavy atom. The van der Waals surface area contributed by atoms with Gasteiger partial charge in [0, 0.05) is 16.5 Å². The number of thioether (sulfide) groups is 1. The fourth-order valence-electron chi connectivity index (χ4n) is 5.21. The minimum atomic E-state index is -4.65. The molecule has 3 heterocycles. The molecule has 3 unspecified atom stereocenters. The number of aryl methyl sites for hydroxylation is 1. The van der Waals surface area contributed by atoms with E-state index in [9.17, 15) is 32.3 Å². The fourth-order valence-corrected chi connectivity index (χ4v) is 7.72. The molecule has 3 amide bonds. The molecule has 0 aliphatic carbocycles. The summed E-state index contributed by atoms with van der Waals surface area (Å²) in [5, 5.41) is 2.24. The van der Waals surface area contributed by atoms with Crippen molar-refractivity contribution in [3.63, 3.8) is 0 Å². The Bertz CT molecular complexity index is 1780. The average molecular weight is 626 g/mol. The molecule has 6 rings (SSSR count). The molecule has 4 aromatic rings. The van der Waals surface area contributed by atoms with E-state index in [4.69, 9.17) is 4.74 Å². The van der Waals surface area contributed by atoms with Crippen molar-refractivity contribution >= 4 is 52.2 Å². The van der Waals surface area contributed by atoms with Crippen LogP contribution in [0.15, 0.2) is 82.6 Å². The minimum absolute atomic E-state index is 0.164. The van der Waals surface area contributed by atoms with Crippen molar-refractivity contribution in [2.24, 2.45) is 5.92 Å². The molecule has 43 heavy (non-hydrogen) atoms. The Hall–Kier alpha value is -4.36. The van der Waals surface area contributed by atoms with Crippen molar-refractivity contribution in [3.8, 4) is 5.75 Å². The van der Waals surface area contributed by atoms with Gasteiger partial charge in [-0.3, -0.25) is 19.2 Å². The normalized spacial score (nSPS) is 19.6. The second kappa shape index (κ2) is 11.0. The third-order valence-corrected chi connectivity index (χ3v) is 9.60. The van der Waals surface area contributed by atoms with Crippen LogP contribution in [0.2, 0.25) is 0 Å². The largest absolute Gasteiger partial charge is 0.484 e. The molecule has 0 spiro atoms. The smallest absolute Gasteiger partial charge is 0.416 e. The van der Waals surface area contributed by atoms with Crippen LogP contribution in [-0.4, -0.2) is 34.6 Å². The van der Waals surface area contributed by atoms with Crippen LogP contribution >= 0.6 is 23.1 Å². The van der Waals surface area contributed by atoms with Crippen LogP contribution in [0.25, 0.3) is 0 Å². The van der Waals surface area contributed by atoms with Gasteiger partial charge in [0.05, 0.1) is 22.2 Å². The number of H-pyrrole nitrogens is 1. The lowest BCUT2D eigenvalue weighted by Crippen LogP contribution is -2.32. The summed E-state index contributed by atoms with van der Waals surface area (Å²) in [6, 6.07) is 18.0. The summed E-state index contributed by atoms with van der Waals surface area (Å²) in [6.45, 7) is 1.69. The molecule has 1 fully saturated rings. The number of benzene rings is 3. The maximum atomic E-state index is 13.8. The maximum Gasteiger partial charge on any atom is 0.416 e. The molecule has 1 aromatic heterocycles. The summed E-state index contributed by atoms with van der Waals surface area (Å²) in [7, 11) is 0. The molecule has 0 saturated carbocycles. The summed E-state index contributed by atoms with van der Waals surface area (Å²) < 4.78 is 45.8. The lowest BCUT2D eigenvalue weighted by Gasteiger charge is -2.29. The number of carbonyl (C=O) groups is 3. The summed E-state index contributed by atoms with van der Waals surface area (Å²) >= 11 is 1.96. The number of aromatic nitrogens is 1. The highest BCUT2D eigenvalue weighted by Crippen LogP contribution is 2.53. The van der Waals surface area contributed by atoms with E-state index in [2.05, 4.69) is 10.3 Å². The first kappa shape index (κ1) is 28.7. The van der Waals surface area contributed by atoms with E-state index in [1.54, 1.807) is 36.4 Å². The summed E-state index contributed by atoms with van der Waals surface area (Å²) in [5.74, 6) is -2.94. The Balaban J connectivity index is 1.25. The monoisotopic (exact) mass is 625 g/mol. The number of halogens is 3. The van der Waals surface area contributed by atoms with Gasteiger partial charge >= 0.3 is 11.0 Å². The Morgan fingerprint density at radius 2 is 1.72 bits per heavy atom. The maximum absolute atomic E-state index is 13.8. The molecule has 2 aliphatic heterocycles. The third kappa shape index (κ3) is 5.57. The van der Waals surface area contributed by atoms with E-state index in [1.165, 1.54) is 6.07 Å². The Morgan fingerprint density at radius 3 is 2.42 bits per heavy atom. The molecular formula is C30H22F3N3O5S2. The fraction of sp³-hybridized carbons (Fsp3) is 0.200. The van der Waals surface area contributed by atoms with Crippen molar-refractivity contribution in [3.05, 3.63) is 104 Å². The Kier molecular flexibility index (Phi) is 7.38. The zero-order valence-corrected chi connectivity index (χ0v) is 23.9. The number of nitrogens with zero attached hydrogens (tertiary/aromatic N) is 1. The summed E-state index contributed by atoms with van der Waals surface area (Å²) in [4.78, 5) is 55.7. The lowest BCUT2D eigenvalue weighted by atomic mass is 9.83. The van der Waals surface area contributed by atoms with E-state index < -0.39 is 40.6 Å². The van der Waals surface area contributed by atoms with Crippen molar-refractivity contribution in [1.82, 2.24) is 4.98 Å². The van der Waals surface area contributed by atoms with Gasteiger partial charge in [-0.15, -0.1) is 0 Å². The molecule has 8 nitrogen and oxygen atoms in total. The van der Waals surface area contributed by atoms with Gasteiger partial charge in [-0.05, 0) is 55.0 Å². The zero-order valence-electron chi connectivity index (χ0n) is 22.3. The number of hydrogen-bond acceptors (Lipinski definition) is 7. The van der Waals surface area contributed by atoms with Crippen LogP contribution in [0, 0.1) is 12.8 Å². The van der Waals surface area contributed by atoms with E-state index >= 15 is 0 Å². The van der Waals surface area contributed by atoms with E-state index in [1.807, 2.05) is 19.1 Å². The number of ether oxygens (including phenoxy) is 1. The molecule has 13 heteroatoms. The quantitative estimate of drug-likeness (QED) is 0.271. The van der Waals surface area contributed by atoms with E-state index in [0.29, 0.717) is 26.9 Å². The number of carbonyl (C=O) groups excluding carboxylic acids is 3. The van der Waals surface area contributed by atoms with Gasteiger partial charge in [-0.2, -0.15) is 13.2 Å². The number of nitrogens with one attached hydrogen (secondary N) is 2. The first-order chi connectivity index (χ1) is 20.5. The van der Waals surface area contributed by atoms with E-state index in [-0.39, 0.29) is 23.1 Å². The highest BCUT2D eigenvalue weighted by atomic mass is 32.2. The minimum Gasteiger partial charge on any atom is -0.484 e. The van der Waals surface area contributed by atoms with Gasteiger partial charge in [0.1, 0.15) is 11.0 Å². The number of anilines is 2. The molecular weight excluding hydrogens is 603 g/mol. The first-order valence-corrected chi connectivity index (χ1v) is 14.7. The molecule has 2 aliphatic rings. The van der Waals surface area contributed by atoms with Gasteiger partial charge in [0.2, 0.25) is 11.8 Å². The SMILES string of the molecule is Cc1ccc(NC(=O)COc2ccc(C3c4sc(=O)[nH]c4SC4C(=O)N(c5cccc(C(F)(F)F)c5)C(=O)C43)cc2)cc1. The van der Waals surface area contributed by atoms with Crippen LogP contribution in [0.4, 0.5) is 24.5 Å². The highest BCUT2D eigenvalue weighted by Gasteiger charge is 2.56. The van der Waals surface area contributed by atoms with Gasteiger partial charge in [-0.25, -0.2) is 4.90 Å². The van der Waals surface area contributed by atoms with Gasteiger partial charge < -0.3 is 15.0 Å². The molecule has 2 N–H and O–H groups in total. The second-order valence-corrected chi connectivity index (χ2v) is 12.2. The predicted molar refractivity (Wildman–Crippen MR) is 156 cm³/mol. The van der Waals surface area contributed by atoms with E-state index in [0.717, 1.165) is 51.8 Å².